The van der Waals surface area contributed by atoms with Gasteiger partial charge in [0.25, 0.3) is 17.7 Å². The summed E-state index contributed by atoms with van der Waals surface area (Å²) < 4.78 is 205. The summed E-state index contributed by atoms with van der Waals surface area (Å²) in [4.78, 5) is 37.6. The molecule has 3 aromatic rings. The molecule has 0 bridgehead atoms. The largest absolute Gasteiger partial charge is 1.00 e. The monoisotopic (exact) mass is 1110 g/mol. The van der Waals surface area contributed by atoms with Crippen molar-refractivity contribution in [2.24, 2.45) is 0 Å². The van der Waals surface area contributed by atoms with E-state index < -0.39 is 165 Å². The first kappa shape index (κ1) is 66.7. The first-order valence-corrected chi connectivity index (χ1v) is 23.0. The molecule has 0 heterocycles. The summed E-state index contributed by atoms with van der Waals surface area (Å²) in [7, 11) is 0. The van der Waals surface area contributed by atoms with Crippen LogP contribution in [0.3, 0.4) is 0 Å². The van der Waals surface area contributed by atoms with Crippen molar-refractivity contribution in [3.63, 3.8) is 0 Å². The number of carbonyl (C=O) groups excluding carboxylic acids is 3. The smallest absolute Gasteiger partial charge is 0.257 e. The Morgan fingerprint density at radius 1 is 0.394 bits per heavy atom. The lowest BCUT2D eigenvalue weighted by atomic mass is 10.1. The number of carbonyl (C=O) groups is 3. The number of halogens is 19. The van der Waals surface area contributed by atoms with Crippen LogP contribution in [0.2, 0.25) is 0 Å². The minimum Gasteiger partial charge on any atom is -1.00 e. The Morgan fingerprint density at radius 2 is 0.563 bits per heavy atom. The second-order valence-corrected chi connectivity index (χ2v) is 17.3. The zero-order valence-corrected chi connectivity index (χ0v) is 40.9. The molecular formula is C44H52Cl3F16N5O3. The fraction of sp³-hybridized carbons (Fsp3) is 0.523. The Labute approximate surface area is 414 Å². The lowest BCUT2D eigenvalue weighted by Crippen LogP contribution is -3.00. The number of hydrogen-bond donors (Lipinski definition) is 3. The molecule has 3 amide bonds. The quantitative estimate of drug-likeness (QED) is 0.0276. The molecule has 71 heavy (non-hydrogen) atoms. The van der Waals surface area contributed by atoms with Crippen molar-refractivity contribution in [3.8, 4) is 0 Å². The molecule has 0 saturated carbocycles. The van der Waals surface area contributed by atoms with Gasteiger partial charge in [-0.15, -0.1) is 0 Å². The zero-order valence-electron chi connectivity index (χ0n) is 38.6. The van der Waals surface area contributed by atoms with Crippen molar-refractivity contribution in [2.45, 2.75) is 83.4 Å². The fourth-order valence-corrected chi connectivity index (χ4v) is 6.64. The standard InChI is InChI=1S/C27H15F15N4O3.C16H36N.CHCl3.FH/c28-10-7(11(29)17(35)22(40)16(10)34)25(47)43-1-4-46(5-2-44-26(48)8-12(30)18(36)23(41)19(37)13(8)31)6-3-45-27(49)9-14(32)20(38)24(42)21(39)15(9)33;1-5-9-13-17(14-10-6-2,15-11-7-3)16-12-8-4;2-1(3)4;/h1-6H2,(H,43,47)(H,44,48)(H,45,49);5-16H2,1-4H3;1H;1H/q;+1;;/p-1. The molecule has 8 nitrogen and oxygen atoms in total. The Balaban J connectivity index is 0.00000186. The van der Waals surface area contributed by atoms with E-state index in [1.54, 1.807) is 16.0 Å². The van der Waals surface area contributed by atoms with Gasteiger partial charge in [0.2, 0.25) is 17.5 Å². The molecule has 0 spiro atoms. The molecule has 0 aromatic heterocycles. The highest BCUT2D eigenvalue weighted by Gasteiger charge is 2.33. The fourth-order valence-electron chi connectivity index (χ4n) is 6.64. The molecule has 404 valence electrons. The normalized spacial score (nSPS) is 11.2. The first-order valence-electron chi connectivity index (χ1n) is 21.7. The summed E-state index contributed by atoms with van der Waals surface area (Å²) in [5.74, 6) is -43.0. The maximum atomic E-state index is 13.9. The van der Waals surface area contributed by atoms with Crippen LogP contribution in [0.4, 0.5) is 65.9 Å². The number of quaternary nitrogens is 1. The average Bonchev–Trinajstić information content (AvgIpc) is 3.32. The van der Waals surface area contributed by atoms with E-state index in [1.165, 1.54) is 82.0 Å². The lowest BCUT2D eigenvalue weighted by molar-refractivity contribution is -0.929. The molecule has 0 unspecified atom stereocenters. The number of benzene rings is 3. The highest BCUT2D eigenvalue weighted by atomic mass is 35.6. The summed E-state index contributed by atoms with van der Waals surface area (Å²) in [6, 6.07) is 0. The molecule has 0 aliphatic rings. The number of nitrogens with one attached hydrogen (secondary N) is 3. The Morgan fingerprint density at radius 3 is 0.732 bits per heavy atom. The van der Waals surface area contributed by atoms with Crippen LogP contribution in [0.5, 0.6) is 0 Å². The van der Waals surface area contributed by atoms with Crippen molar-refractivity contribution in [1.82, 2.24) is 20.9 Å². The van der Waals surface area contributed by atoms with Crippen LogP contribution in [0.25, 0.3) is 0 Å². The molecule has 27 heteroatoms. The number of amides is 3. The summed E-state index contributed by atoms with van der Waals surface area (Å²) in [5, 5.41) is 5.32. The van der Waals surface area contributed by atoms with Gasteiger partial charge in [0, 0.05) is 39.3 Å². The summed E-state index contributed by atoms with van der Waals surface area (Å²) in [5.41, 5.74) is -5.69. The predicted molar refractivity (Wildman–Crippen MR) is 233 cm³/mol. The third-order valence-electron chi connectivity index (χ3n) is 10.4. The van der Waals surface area contributed by atoms with Crippen LogP contribution in [0, 0.1) is 87.3 Å². The number of unbranched alkanes of at least 4 members (excludes halogenated alkanes) is 4. The molecule has 3 rings (SSSR count). The van der Waals surface area contributed by atoms with Gasteiger partial charge in [-0.05, 0) is 25.7 Å². The van der Waals surface area contributed by atoms with Crippen molar-refractivity contribution in [1.29, 1.82) is 0 Å². The van der Waals surface area contributed by atoms with E-state index in [-0.39, 0.29) is 4.70 Å². The van der Waals surface area contributed by atoms with Gasteiger partial charge in [-0.3, -0.25) is 19.3 Å². The van der Waals surface area contributed by atoms with Crippen LogP contribution < -0.4 is 20.7 Å². The van der Waals surface area contributed by atoms with Crippen molar-refractivity contribution in [3.05, 3.63) is 104 Å². The van der Waals surface area contributed by atoms with Gasteiger partial charge in [0.15, 0.2) is 74.1 Å². The van der Waals surface area contributed by atoms with E-state index in [2.05, 4.69) is 27.7 Å². The van der Waals surface area contributed by atoms with Gasteiger partial charge in [-0.25, -0.2) is 65.9 Å². The minimum absolute atomic E-state index is 0. The van der Waals surface area contributed by atoms with Gasteiger partial charge < -0.3 is 25.1 Å². The van der Waals surface area contributed by atoms with Crippen LogP contribution in [-0.2, 0) is 0 Å². The van der Waals surface area contributed by atoms with E-state index in [1.807, 2.05) is 0 Å². The number of alkyl halides is 3. The molecule has 0 aliphatic carbocycles. The van der Waals surface area contributed by atoms with Crippen LogP contribution in [0.15, 0.2) is 0 Å². The Bertz CT molecular complexity index is 1900. The molecule has 0 atom stereocenters. The summed E-state index contributed by atoms with van der Waals surface area (Å²) >= 11 is 14.4. The second kappa shape index (κ2) is 32.7. The molecule has 0 radical (unpaired) electrons. The maximum Gasteiger partial charge on any atom is 0.257 e. The van der Waals surface area contributed by atoms with Crippen LogP contribution in [0.1, 0.15) is 110 Å². The lowest BCUT2D eigenvalue weighted by Gasteiger charge is -2.39. The van der Waals surface area contributed by atoms with Gasteiger partial charge >= 0.3 is 0 Å². The average molecular weight is 1110 g/mol. The SMILES string of the molecule is CCCC[N+](CCCC)(CCCC)CCCC.ClC(Cl)Cl.O=C(NCCN(CCNC(=O)c1c(F)c(F)c(F)c(F)c1F)CCNC(=O)c1c(F)c(F)c(F)c(F)c1F)c1c(F)c(F)c(F)c(F)c1F.[F-]. The van der Waals surface area contributed by atoms with Crippen LogP contribution >= 0.6 is 34.8 Å². The minimum atomic E-state index is -2.57. The van der Waals surface area contributed by atoms with Crippen LogP contribution in [-0.4, -0.2) is 96.8 Å². The summed E-state index contributed by atoms with van der Waals surface area (Å²) in [6.07, 6.45) is 11.1. The molecule has 0 aliphatic heterocycles. The van der Waals surface area contributed by atoms with E-state index in [9.17, 15) is 80.2 Å². The molecular weight excluding hydrogens is 1060 g/mol. The Kier molecular flexibility index (Phi) is 30.8. The van der Waals surface area contributed by atoms with E-state index in [4.69, 9.17) is 34.8 Å². The Hall–Kier alpha value is -4.26. The maximum absolute atomic E-state index is 13.9. The van der Waals surface area contributed by atoms with Gasteiger partial charge in [0.1, 0.15) is 16.7 Å². The molecule has 0 fully saturated rings. The van der Waals surface area contributed by atoms with Crippen molar-refractivity contribution >= 4 is 52.5 Å². The highest BCUT2D eigenvalue weighted by Crippen LogP contribution is 2.26. The second-order valence-electron chi connectivity index (χ2n) is 15.3. The number of nitrogens with zero attached hydrogens (tertiary/aromatic N) is 2. The van der Waals surface area contributed by atoms with Crippen molar-refractivity contribution in [2.75, 3.05) is 65.4 Å². The van der Waals surface area contributed by atoms with Gasteiger partial charge in [0.05, 0.1) is 26.2 Å². The topological polar surface area (TPSA) is 90.5 Å². The van der Waals surface area contributed by atoms with Crippen molar-refractivity contribution < 1.29 is 89.4 Å². The van der Waals surface area contributed by atoms with Gasteiger partial charge in [-0.1, -0.05) is 88.2 Å². The number of hydrogen-bond acceptors (Lipinski definition) is 4. The third kappa shape index (κ3) is 19.3. The van der Waals surface area contributed by atoms with E-state index >= 15 is 0 Å². The highest BCUT2D eigenvalue weighted by molar-refractivity contribution is 6.63. The zero-order chi connectivity index (χ0) is 53.6. The first-order chi connectivity index (χ1) is 32.8. The third-order valence-corrected chi connectivity index (χ3v) is 10.4. The van der Waals surface area contributed by atoms with Gasteiger partial charge in [-0.2, -0.15) is 0 Å². The van der Waals surface area contributed by atoms with E-state index in [0.717, 1.165) is 4.90 Å². The number of rotatable bonds is 24. The van der Waals surface area contributed by atoms with E-state index in [0.29, 0.717) is 0 Å². The molecule has 3 aromatic carbocycles. The summed E-state index contributed by atoms with van der Waals surface area (Å²) in [6.45, 7) is 11.0. The predicted octanol–water partition coefficient (Wildman–Crippen LogP) is 8.66. The molecule has 3 N–H and O–H groups in total. The molecule has 0 saturated heterocycles.